The summed E-state index contributed by atoms with van der Waals surface area (Å²) in [4.78, 5) is 2.38. The van der Waals surface area contributed by atoms with Crippen LogP contribution >= 0.6 is 0 Å². The summed E-state index contributed by atoms with van der Waals surface area (Å²) in [5.41, 5.74) is 7.03. The lowest BCUT2D eigenvalue weighted by Crippen LogP contribution is -2.39. The van der Waals surface area contributed by atoms with Crippen LogP contribution in [0.3, 0.4) is 0 Å². The van der Waals surface area contributed by atoms with Crippen molar-refractivity contribution in [1.29, 1.82) is 0 Å². The molecule has 1 aliphatic rings. The maximum atomic E-state index is 9.94. The van der Waals surface area contributed by atoms with E-state index in [-0.39, 0.29) is 11.8 Å². The SMILES string of the molecule is COc1ccc(C(CN)N(C)C2CCCCC2)cc1O. The molecule has 0 bridgehead atoms. The second-order valence-corrected chi connectivity index (χ2v) is 5.64. The zero-order chi connectivity index (χ0) is 14.5. The van der Waals surface area contributed by atoms with Gasteiger partial charge in [-0.25, -0.2) is 0 Å². The van der Waals surface area contributed by atoms with Gasteiger partial charge in [0.15, 0.2) is 11.5 Å². The summed E-state index contributed by atoms with van der Waals surface area (Å²) in [6.07, 6.45) is 6.45. The predicted molar refractivity (Wildman–Crippen MR) is 81.1 cm³/mol. The largest absolute Gasteiger partial charge is 0.504 e. The number of hydrogen-bond donors (Lipinski definition) is 2. The lowest BCUT2D eigenvalue weighted by Gasteiger charge is -2.37. The molecule has 0 aliphatic heterocycles. The van der Waals surface area contributed by atoms with Gasteiger partial charge in [0.05, 0.1) is 7.11 Å². The van der Waals surface area contributed by atoms with Crippen molar-refractivity contribution in [2.75, 3.05) is 20.7 Å². The first-order valence-electron chi connectivity index (χ1n) is 7.46. The summed E-state index contributed by atoms with van der Waals surface area (Å²) < 4.78 is 5.10. The van der Waals surface area contributed by atoms with E-state index in [4.69, 9.17) is 10.5 Å². The van der Waals surface area contributed by atoms with E-state index in [2.05, 4.69) is 11.9 Å². The Bertz CT molecular complexity index is 430. The zero-order valence-corrected chi connectivity index (χ0v) is 12.5. The Hall–Kier alpha value is -1.26. The monoisotopic (exact) mass is 278 g/mol. The number of likely N-dealkylation sites (N-methyl/N-ethyl adjacent to an activating group) is 1. The lowest BCUT2D eigenvalue weighted by atomic mass is 9.92. The van der Waals surface area contributed by atoms with E-state index >= 15 is 0 Å². The van der Waals surface area contributed by atoms with Gasteiger partial charge < -0.3 is 15.6 Å². The molecule has 0 heterocycles. The van der Waals surface area contributed by atoms with Crippen LogP contribution in [0.2, 0.25) is 0 Å². The van der Waals surface area contributed by atoms with Gasteiger partial charge in [0.1, 0.15) is 0 Å². The van der Waals surface area contributed by atoms with Gasteiger partial charge in [-0.1, -0.05) is 25.3 Å². The molecule has 4 heteroatoms. The number of methoxy groups -OCH3 is 1. The number of phenolic OH excluding ortho intramolecular Hbond substituents is 1. The number of nitrogens with two attached hydrogens (primary N) is 1. The molecule has 3 N–H and O–H groups in total. The van der Waals surface area contributed by atoms with Gasteiger partial charge in [0.25, 0.3) is 0 Å². The highest BCUT2D eigenvalue weighted by Gasteiger charge is 2.25. The molecule has 20 heavy (non-hydrogen) atoms. The van der Waals surface area contributed by atoms with Crippen LogP contribution in [0.4, 0.5) is 0 Å². The first kappa shape index (κ1) is 15.1. The zero-order valence-electron chi connectivity index (χ0n) is 12.5. The minimum atomic E-state index is 0.148. The normalized spacial score (nSPS) is 18.2. The molecule has 2 rings (SSSR count). The fourth-order valence-corrected chi connectivity index (χ4v) is 3.19. The molecule has 0 radical (unpaired) electrons. The minimum absolute atomic E-state index is 0.148. The molecule has 112 valence electrons. The fraction of sp³-hybridized carbons (Fsp3) is 0.625. The van der Waals surface area contributed by atoms with Crippen LogP contribution < -0.4 is 10.5 Å². The number of aromatic hydroxyl groups is 1. The summed E-state index contributed by atoms with van der Waals surface area (Å²) in [5.74, 6) is 0.685. The van der Waals surface area contributed by atoms with Crippen molar-refractivity contribution in [3.63, 3.8) is 0 Å². The number of hydrogen-bond acceptors (Lipinski definition) is 4. The van der Waals surface area contributed by atoms with Gasteiger partial charge in [-0.05, 0) is 37.6 Å². The van der Waals surface area contributed by atoms with Gasteiger partial charge in [-0.3, -0.25) is 4.90 Å². The summed E-state index contributed by atoms with van der Waals surface area (Å²) in [7, 11) is 3.71. The molecule has 1 saturated carbocycles. The molecule has 1 unspecified atom stereocenters. The maximum absolute atomic E-state index is 9.94. The quantitative estimate of drug-likeness (QED) is 0.869. The molecule has 1 aliphatic carbocycles. The Morgan fingerprint density at radius 2 is 2.05 bits per heavy atom. The summed E-state index contributed by atoms with van der Waals surface area (Å²) in [5, 5.41) is 9.94. The molecular weight excluding hydrogens is 252 g/mol. The van der Waals surface area contributed by atoms with E-state index in [0.29, 0.717) is 18.3 Å². The molecule has 0 amide bonds. The summed E-state index contributed by atoms with van der Waals surface area (Å²) >= 11 is 0. The second kappa shape index (κ2) is 6.95. The van der Waals surface area contributed by atoms with Crippen molar-refractivity contribution >= 4 is 0 Å². The number of benzene rings is 1. The Kier molecular flexibility index (Phi) is 5.26. The summed E-state index contributed by atoms with van der Waals surface area (Å²) in [6, 6.07) is 6.32. The minimum Gasteiger partial charge on any atom is -0.504 e. The van der Waals surface area contributed by atoms with E-state index in [1.54, 1.807) is 13.2 Å². The van der Waals surface area contributed by atoms with Crippen LogP contribution in [-0.2, 0) is 0 Å². The first-order valence-corrected chi connectivity index (χ1v) is 7.46. The molecule has 0 aromatic heterocycles. The van der Waals surface area contributed by atoms with Crippen LogP contribution in [0.25, 0.3) is 0 Å². The number of phenols is 1. The van der Waals surface area contributed by atoms with Crippen molar-refractivity contribution in [3.8, 4) is 11.5 Å². The van der Waals surface area contributed by atoms with Gasteiger partial charge >= 0.3 is 0 Å². The number of rotatable bonds is 5. The van der Waals surface area contributed by atoms with Crippen LogP contribution in [0, 0.1) is 0 Å². The number of nitrogens with zero attached hydrogens (tertiary/aromatic N) is 1. The third kappa shape index (κ3) is 3.25. The molecule has 0 saturated heterocycles. The van der Waals surface area contributed by atoms with Crippen molar-refractivity contribution in [1.82, 2.24) is 4.90 Å². The lowest BCUT2D eigenvalue weighted by molar-refractivity contribution is 0.140. The van der Waals surface area contributed by atoms with Crippen LogP contribution in [0.1, 0.15) is 43.7 Å². The second-order valence-electron chi connectivity index (χ2n) is 5.64. The van der Waals surface area contributed by atoms with E-state index < -0.39 is 0 Å². The van der Waals surface area contributed by atoms with Crippen LogP contribution in [-0.4, -0.2) is 36.8 Å². The van der Waals surface area contributed by atoms with Gasteiger partial charge in [-0.2, -0.15) is 0 Å². The van der Waals surface area contributed by atoms with Gasteiger partial charge in [-0.15, -0.1) is 0 Å². The van der Waals surface area contributed by atoms with Crippen molar-refractivity contribution in [2.45, 2.75) is 44.2 Å². The third-order valence-electron chi connectivity index (χ3n) is 4.45. The molecule has 4 nitrogen and oxygen atoms in total. The van der Waals surface area contributed by atoms with Crippen molar-refractivity contribution < 1.29 is 9.84 Å². The van der Waals surface area contributed by atoms with E-state index in [9.17, 15) is 5.11 Å². The van der Waals surface area contributed by atoms with E-state index in [1.165, 1.54) is 32.1 Å². The Balaban J connectivity index is 2.16. The number of ether oxygens (including phenoxy) is 1. The Morgan fingerprint density at radius 1 is 1.35 bits per heavy atom. The van der Waals surface area contributed by atoms with E-state index in [0.717, 1.165) is 5.56 Å². The maximum Gasteiger partial charge on any atom is 0.160 e. The topological polar surface area (TPSA) is 58.7 Å². The highest BCUT2D eigenvalue weighted by Crippen LogP contribution is 2.33. The molecular formula is C16H26N2O2. The van der Waals surface area contributed by atoms with E-state index in [1.807, 2.05) is 12.1 Å². The molecule has 1 aromatic rings. The standard InChI is InChI=1S/C16H26N2O2/c1-18(13-6-4-3-5-7-13)14(11-17)12-8-9-16(20-2)15(19)10-12/h8-10,13-14,19H,3-7,11,17H2,1-2H3. The molecule has 0 spiro atoms. The smallest absolute Gasteiger partial charge is 0.160 e. The van der Waals surface area contributed by atoms with Crippen molar-refractivity contribution in [3.05, 3.63) is 23.8 Å². The van der Waals surface area contributed by atoms with Gasteiger partial charge in [0.2, 0.25) is 0 Å². The first-order chi connectivity index (χ1) is 9.67. The average molecular weight is 278 g/mol. The van der Waals surface area contributed by atoms with Crippen LogP contribution in [0.15, 0.2) is 18.2 Å². The fourth-order valence-electron chi connectivity index (χ4n) is 3.19. The van der Waals surface area contributed by atoms with Gasteiger partial charge in [0, 0.05) is 18.6 Å². The summed E-state index contributed by atoms with van der Waals surface area (Å²) in [6.45, 7) is 0.554. The van der Waals surface area contributed by atoms with Crippen molar-refractivity contribution in [2.24, 2.45) is 5.73 Å². The predicted octanol–water partition coefficient (Wildman–Crippen LogP) is 2.67. The average Bonchev–Trinajstić information content (AvgIpc) is 2.49. The third-order valence-corrected chi connectivity index (χ3v) is 4.45. The Labute approximate surface area is 121 Å². The Morgan fingerprint density at radius 3 is 2.60 bits per heavy atom. The highest BCUT2D eigenvalue weighted by atomic mass is 16.5. The molecule has 1 fully saturated rings. The molecule has 1 aromatic carbocycles. The molecule has 1 atom stereocenters. The highest BCUT2D eigenvalue weighted by molar-refractivity contribution is 5.42. The van der Waals surface area contributed by atoms with Crippen LogP contribution in [0.5, 0.6) is 11.5 Å².